The third-order valence-electron chi connectivity index (χ3n) is 14.9. The summed E-state index contributed by atoms with van der Waals surface area (Å²) in [7, 11) is -5.65. The first-order valence-corrected chi connectivity index (χ1v) is 31.2. The van der Waals surface area contributed by atoms with Gasteiger partial charge in [-0.05, 0) is 19.3 Å². The summed E-state index contributed by atoms with van der Waals surface area (Å²) >= 11 is 0. The number of hydrogen-bond donors (Lipinski definition) is 12. The molecule has 2 heterocycles. The molecule has 12 N–H and O–H groups in total. The molecule has 2 aliphatic heterocycles. The number of esters is 2. The lowest BCUT2D eigenvalue weighted by Gasteiger charge is -2.49. The van der Waals surface area contributed by atoms with E-state index >= 15 is 0 Å². The fraction of sp³-hybridized carbons (Fsp3) is 0.893. The highest BCUT2D eigenvalue weighted by Gasteiger charge is 2.58. The molecular weight excluding hydrogens is 1070 g/mol. The fourth-order valence-corrected chi connectivity index (χ4v) is 10.9. The summed E-state index contributed by atoms with van der Waals surface area (Å²) < 4.78 is 57.9. The SMILES string of the molecule is CCCCCCCCCCCCCC=CC=CC(=O)OCC(COP(=O)(O)OC1C(OC2OC(CO)C(O)C(O)C2O)C(O)C(O)C(O)C1OC1OC(CO)C(O)C(O)C1O)OC(=O)CCCCCCCCCCCCCCCC. The topological polar surface area (TPSA) is 368 Å². The number of rotatable bonds is 43. The van der Waals surface area contributed by atoms with Crippen molar-refractivity contribution in [3.05, 3.63) is 24.3 Å². The number of aliphatic hydroxyl groups excluding tert-OH is 11. The molecule has 3 rings (SSSR count). The van der Waals surface area contributed by atoms with E-state index in [0.29, 0.717) is 6.42 Å². The van der Waals surface area contributed by atoms with Crippen LogP contribution >= 0.6 is 7.82 Å². The van der Waals surface area contributed by atoms with Gasteiger partial charge in [0, 0.05) is 12.5 Å². The van der Waals surface area contributed by atoms with Crippen LogP contribution in [0.1, 0.15) is 187 Å². The van der Waals surface area contributed by atoms with Crippen molar-refractivity contribution in [2.24, 2.45) is 0 Å². The Morgan fingerprint density at radius 2 is 0.900 bits per heavy atom. The number of unbranched alkanes of at least 4 members (excludes halogenated alkanes) is 24. The van der Waals surface area contributed by atoms with Crippen LogP contribution in [0.3, 0.4) is 0 Å². The van der Waals surface area contributed by atoms with E-state index < -0.39 is 150 Å². The minimum atomic E-state index is -5.65. The monoisotopic (exact) mass is 1170 g/mol. The predicted molar refractivity (Wildman–Crippen MR) is 291 cm³/mol. The Labute approximate surface area is 473 Å². The van der Waals surface area contributed by atoms with E-state index in [0.717, 1.165) is 63.9 Å². The second-order valence-electron chi connectivity index (χ2n) is 21.6. The first kappa shape index (κ1) is 72.2. The zero-order valence-electron chi connectivity index (χ0n) is 47.3. The van der Waals surface area contributed by atoms with Crippen LogP contribution in [0.15, 0.2) is 24.3 Å². The molecule has 24 heteroatoms. The third-order valence-corrected chi connectivity index (χ3v) is 15.9. The fourth-order valence-electron chi connectivity index (χ4n) is 9.92. The Balaban J connectivity index is 1.72. The molecule has 0 aromatic heterocycles. The Morgan fingerprint density at radius 3 is 1.32 bits per heavy atom. The highest BCUT2D eigenvalue weighted by atomic mass is 31.2. The van der Waals surface area contributed by atoms with Crippen LogP contribution in [0.2, 0.25) is 0 Å². The van der Waals surface area contributed by atoms with E-state index in [4.69, 9.17) is 37.5 Å². The van der Waals surface area contributed by atoms with Gasteiger partial charge >= 0.3 is 19.8 Å². The number of phosphoric ester groups is 1. The molecule has 23 nitrogen and oxygen atoms in total. The lowest BCUT2D eigenvalue weighted by molar-refractivity contribution is -0.360. The van der Waals surface area contributed by atoms with Crippen molar-refractivity contribution in [1.29, 1.82) is 0 Å². The van der Waals surface area contributed by atoms with Crippen LogP contribution in [0.4, 0.5) is 0 Å². The normalized spacial score (nSPS) is 31.4. The molecule has 1 saturated carbocycles. The number of allylic oxidation sites excluding steroid dienone is 3. The number of phosphoric acid groups is 1. The van der Waals surface area contributed by atoms with Crippen LogP contribution < -0.4 is 0 Å². The lowest BCUT2D eigenvalue weighted by atomic mass is 9.84. The van der Waals surface area contributed by atoms with Gasteiger partial charge in [0.1, 0.15) is 92.1 Å². The van der Waals surface area contributed by atoms with Crippen LogP contribution in [-0.2, 0) is 51.6 Å². The van der Waals surface area contributed by atoms with E-state index in [9.17, 15) is 75.2 Å². The molecule has 0 aromatic carbocycles. The molecule has 0 bridgehead atoms. The van der Waals surface area contributed by atoms with Crippen molar-refractivity contribution in [3.63, 3.8) is 0 Å². The Hall–Kier alpha value is -2.07. The Morgan fingerprint density at radius 1 is 0.500 bits per heavy atom. The maximum atomic E-state index is 14.0. The molecular formula is C56H101O23P. The average molecular weight is 1170 g/mol. The molecule has 16 atom stereocenters. The maximum Gasteiger partial charge on any atom is 0.472 e. The van der Waals surface area contributed by atoms with Gasteiger partial charge in [0.25, 0.3) is 0 Å². The van der Waals surface area contributed by atoms with Gasteiger partial charge < -0.3 is 89.5 Å². The second-order valence-corrected chi connectivity index (χ2v) is 23.0. The highest BCUT2D eigenvalue weighted by Crippen LogP contribution is 2.49. The molecule has 3 fully saturated rings. The van der Waals surface area contributed by atoms with Crippen molar-refractivity contribution in [1.82, 2.24) is 0 Å². The van der Waals surface area contributed by atoms with Crippen LogP contribution in [0, 0.1) is 0 Å². The molecule has 1 aliphatic carbocycles. The second kappa shape index (κ2) is 41.1. The molecule has 16 unspecified atom stereocenters. The summed E-state index contributed by atoms with van der Waals surface area (Å²) in [6.07, 6.45) is 0.838. The van der Waals surface area contributed by atoms with E-state index in [1.54, 1.807) is 6.08 Å². The van der Waals surface area contributed by atoms with E-state index in [-0.39, 0.29) is 6.42 Å². The van der Waals surface area contributed by atoms with Gasteiger partial charge in [-0.1, -0.05) is 180 Å². The van der Waals surface area contributed by atoms with Gasteiger partial charge in [0.05, 0.1) is 19.8 Å². The van der Waals surface area contributed by atoms with Crippen molar-refractivity contribution >= 4 is 19.8 Å². The molecule has 0 radical (unpaired) electrons. The molecule has 0 aromatic rings. The lowest BCUT2D eigenvalue weighted by Crippen LogP contribution is -2.69. The highest BCUT2D eigenvalue weighted by molar-refractivity contribution is 7.47. The van der Waals surface area contributed by atoms with Gasteiger partial charge in [-0.25, -0.2) is 9.36 Å². The zero-order chi connectivity index (χ0) is 58.9. The van der Waals surface area contributed by atoms with Gasteiger partial charge in [-0.15, -0.1) is 0 Å². The summed E-state index contributed by atoms with van der Waals surface area (Å²) in [5, 5.41) is 117. The van der Waals surface area contributed by atoms with Gasteiger partial charge in [0.15, 0.2) is 18.7 Å². The number of carbonyl (C=O) groups is 2. The first-order valence-electron chi connectivity index (χ1n) is 29.7. The summed E-state index contributed by atoms with van der Waals surface area (Å²) in [6, 6.07) is 0. The van der Waals surface area contributed by atoms with Crippen LogP contribution in [-0.4, -0.2) is 204 Å². The number of hydrogen-bond acceptors (Lipinski definition) is 22. The third kappa shape index (κ3) is 26.5. The number of carbonyl (C=O) groups excluding carboxylic acids is 2. The van der Waals surface area contributed by atoms with E-state index in [1.807, 2.05) is 6.08 Å². The molecule has 80 heavy (non-hydrogen) atoms. The molecule has 0 amide bonds. The van der Waals surface area contributed by atoms with E-state index in [1.165, 1.54) is 109 Å². The number of aliphatic hydroxyl groups is 11. The van der Waals surface area contributed by atoms with Gasteiger partial charge in [0.2, 0.25) is 0 Å². The molecule has 3 aliphatic rings. The molecule has 2 saturated heterocycles. The van der Waals surface area contributed by atoms with Crippen LogP contribution in [0.5, 0.6) is 0 Å². The largest absolute Gasteiger partial charge is 0.472 e. The quantitative estimate of drug-likeness (QED) is 0.0134. The summed E-state index contributed by atoms with van der Waals surface area (Å²) in [5.74, 6) is -1.58. The Bertz CT molecular complexity index is 1690. The standard InChI is InChI=1S/C56H101O23P/c1-3-5-7-9-11-13-15-17-19-21-22-24-26-28-30-32-41(59)72-36-38(74-42(60)33-31-29-27-25-23-20-18-16-14-12-10-8-6-4-2)37-73-80(70,71)79-54-52(77-55-50(68)45(63)43(61)39(34-57)75-55)48(66)47(65)49(67)53(54)78-56-51(69)46(64)44(62)40(35-58)76-56/h26,28,30,32,38-40,43-58,61-69H,3-25,27,29,31,33-37H2,1-2H3,(H,70,71). The summed E-state index contributed by atoms with van der Waals surface area (Å²) in [4.78, 5) is 37.4. The van der Waals surface area contributed by atoms with Crippen molar-refractivity contribution in [2.45, 2.75) is 291 Å². The first-order chi connectivity index (χ1) is 38.4. The summed E-state index contributed by atoms with van der Waals surface area (Å²) in [5.41, 5.74) is 0. The van der Waals surface area contributed by atoms with Gasteiger partial charge in [-0.2, -0.15) is 0 Å². The van der Waals surface area contributed by atoms with E-state index in [2.05, 4.69) is 13.8 Å². The molecule has 0 spiro atoms. The molecule has 468 valence electrons. The predicted octanol–water partition coefficient (Wildman–Crippen LogP) is 4.10. The smallest absolute Gasteiger partial charge is 0.458 e. The van der Waals surface area contributed by atoms with Crippen molar-refractivity contribution in [3.8, 4) is 0 Å². The Kier molecular flexibility index (Phi) is 37.1. The maximum absolute atomic E-state index is 14.0. The number of ether oxygens (including phenoxy) is 6. The minimum Gasteiger partial charge on any atom is -0.458 e. The van der Waals surface area contributed by atoms with Crippen LogP contribution in [0.25, 0.3) is 0 Å². The van der Waals surface area contributed by atoms with Crippen molar-refractivity contribution < 1.29 is 113 Å². The average Bonchev–Trinajstić information content (AvgIpc) is 3.53. The zero-order valence-corrected chi connectivity index (χ0v) is 48.2. The summed E-state index contributed by atoms with van der Waals surface area (Å²) in [6.45, 7) is 0.896. The van der Waals surface area contributed by atoms with Gasteiger partial charge in [-0.3, -0.25) is 13.8 Å². The minimum absolute atomic E-state index is 0.0479. The van der Waals surface area contributed by atoms with Crippen molar-refractivity contribution in [2.75, 3.05) is 26.4 Å².